The van der Waals surface area contributed by atoms with Crippen LogP contribution in [0.3, 0.4) is 0 Å². The lowest BCUT2D eigenvalue weighted by Gasteiger charge is -2.26. The molecule has 8 heteroatoms. The van der Waals surface area contributed by atoms with Gasteiger partial charge in [0.1, 0.15) is 17.4 Å². The highest BCUT2D eigenvalue weighted by atomic mass is 19.1. The SMILES string of the molecule is COc1ccccc1NC(=O)N(Cc1ccc(F)cc1F)C[C@@H]1CC(c2ccc(C)cc2)=NO1. The first-order valence-electron chi connectivity index (χ1n) is 10.9. The highest BCUT2D eigenvalue weighted by molar-refractivity contribution is 6.01. The van der Waals surface area contributed by atoms with Gasteiger partial charge in [0.2, 0.25) is 0 Å². The van der Waals surface area contributed by atoms with E-state index in [-0.39, 0.29) is 18.7 Å². The van der Waals surface area contributed by atoms with Crippen LogP contribution in [0.25, 0.3) is 0 Å². The number of amides is 2. The molecule has 0 saturated carbocycles. The van der Waals surface area contributed by atoms with E-state index in [0.29, 0.717) is 17.9 Å². The number of nitrogens with zero attached hydrogens (tertiary/aromatic N) is 2. The summed E-state index contributed by atoms with van der Waals surface area (Å²) in [5.74, 6) is -0.911. The van der Waals surface area contributed by atoms with Gasteiger partial charge in [-0.3, -0.25) is 0 Å². The molecular formula is C26H25F2N3O3. The summed E-state index contributed by atoms with van der Waals surface area (Å²) < 4.78 is 33.1. The molecule has 0 bridgehead atoms. The Hall–Kier alpha value is -3.94. The van der Waals surface area contributed by atoms with E-state index in [9.17, 15) is 13.6 Å². The molecule has 0 aromatic heterocycles. The maximum atomic E-state index is 14.4. The summed E-state index contributed by atoms with van der Waals surface area (Å²) in [4.78, 5) is 20.2. The molecule has 1 aliphatic rings. The van der Waals surface area contributed by atoms with Crippen LogP contribution in [0.2, 0.25) is 0 Å². The fourth-order valence-electron chi connectivity index (χ4n) is 3.71. The molecule has 0 unspecified atom stereocenters. The number of methoxy groups -OCH3 is 1. The third-order valence-corrected chi connectivity index (χ3v) is 5.55. The minimum absolute atomic E-state index is 0.0766. The number of rotatable bonds is 7. The van der Waals surface area contributed by atoms with Crippen LogP contribution in [0.5, 0.6) is 5.75 Å². The van der Waals surface area contributed by atoms with Gasteiger partial charge in [0.25, 0.3) is 0 Å². The van der Waals surface area contributed by atoms with Crippen LogP contribution in [-0.4, -0.2) is 36.4 Å². The summed E-state index contributed by atoms with van der Waals surface area (Å²) in [6, 6.07) is 17.7. The molecule has 1 atom stereocenters. The number of carbonyl (C=O) groups is 1. The van der Waals surface area contributed by atoms with Gasteiger partial charge in [0.15, 0.2) is 6.10 Å². The standard InChI is InChI=1S/C26H25F2N3O3/c1-17-7-9-18(10-8-17)24-14-21(34-30-24)16-31(15-19-11-12-20(27)13-22(19)28)26(32)29-23-5-3-4-6-25(23)33-2/h3-13,21H,14-16H2,1-2H3,(H,29,32)/t21-/m0/s1. The van der Waals surface area contributed by atoms with Gasteiger partial charge in [-0.2, -0.15) is 0 Å². The zero-order valence-electron chi connectivity index (χ0n) is 18.9. The summed E-state index contributed by atoms with van der Waals surface area (Å²) in [5, 5.41) is 7.00. The maximum Gasteiger partial charge on any atom is 0.322 e. The van der Waals surface area contributed by atoms with Crippen molar-refractivity contribution >= 4 is 17.4 Å². The average molecular weight is 466 g/mol. The van der Waals surface area contributed by atoms with Gasteiger partial charge in [-0.25, -0.2) is 13.6 Å². The van der Waals surface area contributed by atoms with Gasteiger partial charge in [-0.1, -0.05) is 53.2 Å². The smallest absolute Gasteiger partial charge is 0.322 e. The number of ether oxygens (including phenoxy) is 1. The maximum absolute atomic E-state index is 14.4. The molecule has 1 heterocycles. The van der Waals surface area contributed by atoms with Gasteiger partial charge in [0, 0.05) is 18.1 Å². The topological polar surface area (TPSA) is 63.2 Å². The van der Waals surface area contributed by atoms with E-state index in [0.717, 1.165) is 22.9 Å². The molecule has 3 aromatic rings. The van der Waals surface area contributed by atoms with Crippen LogP contribution in [0.4, 0.5) is 19.3 Å². The summed E-state index contributed by atoms with van der Waals surface area (Å²) in [6.45, 7) is 2.08. The molecule has 0 radical (unpaired) electrons. The van der Waals surface area contributed by atoms with Crippen molar-refractivity contribution in [2.24, 2.45) is 5.16 Å². The van der Waals surface area contributed by atoms with E-state index >= 15 is 0 Å². The minimum atomic E-state index is -0.723. The Kier molecular flexibility index (Phi) is 7.06. The van der Waals surface area contributed by atoms with Crippen LogP contribution in [0, 0.1) is 18.6 Å². The van der Waals surface area contributed by atoms with Crippen LogP contribution >= 0.6 is 0 Å². The lowest BCUT2D eigenvalue weighted by Crippen LogP contribution is -2.40. The number of anilines is 1. The third kappa shape index (κ3) is 5.51. The van der Waals surface area contributed by atoms with Gasteiger partial charge in [0.05, 0.1) is 31.6 Å². The fraction of sp³-hybridized carbons (Fsp3) is 0.231. The Balaban J connectivity index is 1.51. The fourth-order valence-corrected chi connectivity index (χ4v) is 3.71. The van der Waals surface area contributed by atoms with E-state index in [2.05, 4.69) is 10.5 Å². The zero-order valence-corrected chi connectivity index (χ0v) is 18.9. The Morgan fingerprint density at radius 1 is 1.15 bits per heavy atom. The molecule has 0 aliphatic carbocycles. The molecule has 176 valence electrons. The number of oxime groups is 1. The van der Waals surface area contributed by atoms with Gasteiger partial charge >= 0.3 is 6.03 Å². The molecule has 3 aromatic carbocycles. The predicted octanol–water partition coefficient (Wildman–Crippen LogP) is 5.51. The van der Waals surface area contributed by atoms with E-state index in [4.69, 9.17) is 9.57 Å². The van der Waals surface area contributed by atoms with Crippen molar-refractivity contribution in [3.8, 4) is 5.75 Å². The quantitative estimate of drug-likeness (QED) is 0.501. The third-order valence-electron chi connectivity index (χ3n) is 5.55. The second kappa shape index (κ2) is 10.3. The molecule has 1 N–H and O–H groups in total. The molecule has 1 aliphatic heterocycles. The highest BCUT2D eigenvalue weighted by Gasteiger charge is 2.28. The molecule has 2 amide bonds. The number of nitrogens with one attached hydrogen (secondary N) is 1. The molecular weight excluding hydrogens is 440 g/mol. The van der Waals surface area contributed by atoms with Crippen molar-refractivity contribution in [2.45, 2.75) is 26.0 Å². The number of carbonyl (C=O) groups excluding carboxylic acids is 1. The average Bonchev–Trinajstić information content (AvgIpc) is 3.29. The summed E-state index contributed by atoms with van der Waals surface area (Å²) in [5.41, 5.74) is 3.53. The lowest BCUT2D eigenvalue weighted by atomic mass is 10.0. The van der Waals surface area contributed by atoms with Crippen molar-refractivity contribution < 1.29 is 23.1 Å². The number of hydrogen-bond acceptors (Lipinski definition) is 4. The second-order valence-electron chi connectivity index (χ2n) is 8.08. The van der Waals surface area contributed by atoms with Crippen molar-refractivity contribution in [3.05, 3.63) is 95.1 Å². The van der Waals surface area contributed by atoms with E-state index < -0.39 is 23.8 Å². The summed E-state index contributed by atoms with van der Waals surface area (Å²) in [6.07, 6.45) is 0.0798. The van der Waals surface area contributed by atoms with Gasteiger partial charge in [-0.15, -0.1) is 0 Å². The van der Waals surface area contributed by atoms with Gasteiger partial charge < -0.3 is 19.8 Å². The Morgan fingerprint density at radius 2 is 1.91 bits per heavy atom. The molecule has 0 spiro atoms. The predicted molar refractivity (Wildman–Crippen MR) is 126 cm³/mol. The number of halogens is 2. The van der Waals surface area contributed by atoms with Crippen LogP contribution in [0.15, 0.2) is 71.9 Å². The number of aryl methyl sites for hydroxylation is 1. The Morgan fingerprint density at radius 3 is 2.65 bits per heavy atom. The lowest BCUT2D eigenvalue weighted by molar-refractivity contribution is 0.0606. The van der Waals surface area contributed by atoms with E-state index in [1.165, 1.54) is 24.1 Å². The first kappa shape index (κ1) is 23.2. The molecule has 6 nitrogen and oxygen atoms in total. The van der Waals surface area contributed by atoms with Crippen molar-refractivity contribution in [1.29, 1.82) is 0 Å². The van der Waals surface area contributed by atoms with Crippen LogP contribution in [0.1, 0.15) is 23.1 Å². The van der Waals surface area contributed by atoms with Crippen molar-refractivity contribution in [2.75, 3.05) is 19.0 Å². The van der Waals surface area contributed by atoms with Crippen molar-refractivity contribution in [3.63, 3.8) is 0 Å². The van der Waals surface area contributed by atoms with E-state index in [1.54, 1.807) is 24.3 Å². The molecule has 4 rings (SSSR count). The zero-order chi connectivity index (χ0) is 24.1. The first-order chi connectivity index (χ1) is 16.4. The monoisotopic (exact) mass is 465 g/mol. The molecule has 34 heavy (non-hydrogen) atoms. The highest BCUT2D eigenvalue weighted by Crippen LogP contribution is 2.25. The largest absolute Gasteiger partial charge is 0.495 e. The Bertz CT molecular complexity index is 1200. The normalized spacial score (nSPS) is 14.8. The van der Waals surface area contributed by atoms with Gasteiger partial charge in [-0.05, 0) is 30.7 Å². The summed E-state index contributed by atoms with van der Waals surface area (Å²) >= 11 is 0. The van der Waals surface area contributed by atoms with Crippen LogP contribution in [-0.2, 0) is 11.4 Å². The Labute approximate surface area is 196 Å². The first-order valence-corrected chi connectivity index (χ1v) is 10.9. The minimum Gasteiger partial charge on any atom is -0.495 e. The van der Waals surface area contributed by atoms with Crippen molar-refractivity contribution in [1.82, 2.24) is 4.90 Å². The van der Waals surface area contributed by atoms with Crippen LogP contribution < -0.4 is 10.1 Å². The number of para-hydroxylation sites is 2. The molecule has 0 fully saturated rings. The second-order valence-corrected chi connectivity index (χ2v) is 8.08. The number of benzene rings is 3. The van der Waals surface area contributed by atoms with E-state index in [1.807, 2.05) is 31.2 Å². The molecule has 0 saturated heterocycles. The summed E-state index contributed by atoms with van der Waals surface area (Å²) in [7, 11) is 1.51. The number of urea groups is 1. The number of hydrogen-bond donors (Lipinski definition) is 1.